The van der Waals surface area contributed by atoms with Crippen LogP contribution in [0.15, 0.2) is 146 Å². The summed E-state index contributed by atoms with van der Waals surface area (Å²) in [6.07, 6.45) is -7.84. The van der Waals surface area contributed by atoms with E-state index in [1.54, 1.807) is 36.4 Å². The van der Waals surface area contributed by atoms with E-state index in [-0.39, 0.29) is 56.8 Å². The quantitative estimate of drug-likeness (QED) is 0.101. The molecule has 0 aliphatic heterocycles. The van der Waals surface area contributed by atoms with E-state index >= 15 is 17.6 Å². The number of hydrogen-bond donors (Lipinski definition) is 2. The van der Waals surface area contributed by atoms with Gasteiger partial charge < -0.3 is 19.7 Å². The van der Waals surface area contributed by atoms with Gasteiger partial charge in [0.25, 0.3) is 0 Å². The predicted octanol–water partition coefficient (Wildman–Crippen LogP) is 16.1. The third-order valence-corrected chi connectivity index (χ3v) is 14.7. The highest BCUT2D eigenvalue weighted by Gasteiger charge is 2.43. The molecular weight excluding hydrogens is 1090 g/mol. The zero-order chi connectivity index (χ0) is 58.7. The summed E-state index contributed by atoms with van der Waals surface area (Å²) in [5.41, 5.74) is -3.52. The normalized spacial score (nSPS) is 17.8. The molecule has 2 fully saturated rings. The van der Waals surface area contributed by atoms with Crippen LogP contribution in [-0.2, 0) is 24.6 Å². The fourth-order valence-corrected chi connectivity index (χ4v) is 10.3. The van der Waals surface area contributed by atoms with Crippen LogP contribution in [0.2, 0.25) is 0 Å². The summed E-state index contributed by atoms with van der Waals surface area (Å²) in [7, 11) is 0. The SMILES string of the molecule is CC1CCC(c2ccc(C(F)(F)Oc3ccccc3-c3cccc(-n4ncc(C(=O)O)c4C(F)(F)F)n3)cc2)CC1.CC1CCC(c2ccc(C(F)(F)Oc3ccccc3-c3cccc(-n4ncc(C(=O)O)c4C(F)(F)F)n3)cc2)CC1. The zero-order valence-electron chi connectivity index (χ0n) is 43.8. The zero-order valence-corrected chi connectivity index (χ0v) is 43.8. The Labute approximate surface area is 463 Å². The van der Waals surface area contributed by atoms with Crippen molar-refractivity contribution < 1.29 is 73.2 Å². The van der Waals surface area contributed by atoms with E-state index in [9.17, 15) is 46.1 Å². The molecule has 0 saturated heterocycles. The van der Waals surface area contributed by atoms with E-state index in [0.717, 1.165) is 62.5 Å². The van der Waals surface area contributed by atoms with Crippen LogP contribution < -0.4 is 9.47 Å². The van der Waals surface area contributed by atoms with Gasteiger partial charge in [-0.15, -0.1) is 0 Å². The van der Waals surface area contributed by atoms with Crippen LogP contribution in [0.4, 0.5) is 43.9 Å². The first-order chi connectivity index (χ1) is 38.9. The van der Waals surface area contributed by atoms with Crippen LogP contribution in [-0.4, -0.2) is 51.7 Å². The maximum absolute atomic E-state index is 15.3. The molecule has 4 heterocycles. The van der Waals surface area contributed by atoms with Gasteiger partial charge in [0.15, 0.2) is 23.0 Å². The van der Waals surface area contributed by atoms with Gasteiger partial charge in [-0.05, 0) is 133 Å². The molecule has 428 valence electrons. The number of aromatic nitrogens is 6. The number of pyridine rings is 2. The predicted molar refractivity (Wildman–Crippen MR) is 280 cm³/mol. The van der Waals surface area contributed by atoms with Crippen molar-refractivity contribution in [3.63, 3.8) is 0 Å². The molecule has 0 spiro atoms. The number of benzene rings is 4. The van der Waals surface area contributed by atoms with Crippen LogP contribution >= 0.6 is 0 Å². The molecule has 2 aliphatic rings. The number of alkyl halides is 10. The third-order valence-electron chi connectivity index (χ3n) is 14.7. The smallest absolute Gasteiger partial charge is 0.434 e. The molecule has 0 radical (unpaired) electrons. The molecule has 0 atom stereocenters. The summed E-state index contributed by atoms with van der Waals surface area (Å²) in [5.74, 6) is -2.76. The van der Waals surface area contributed by atoms with Crippen LogP contribution in [0.3, 0.4) is 0 Å². The number of carboxylic acid groups (broad SMARTS) is 2. The van der Waals surface area contributed by atoms with Gasteiger partial charge in [0, 0.05) is 11.1 Å². The number of ether oxygens (including phenoxy) is 2. The highest BCUT2D eigenvalue weighted by atomic mass is 19.4. The number of rotatable bonds is 14. The average Bonchev–Trinajstić information content (AvgIpc) is 3.85. The maximum atomic E-state index is 15.3. The lowest BCUT2D eigenvalue weighted by Gasteiger charge is -2.27. The Bertz CT molecular complexity index is 3320. The van der Waals surface area contributed by atoms with Gasteiger partial charge >= 0.3 is 36.5 Å². The number of nitrogens with zero attached hydrogens (tertiary/aromatic N) is 6. The minimum absolute atomic E-state index is 0.0243. The second-order valence-electron chi connectivity index (χ2n) is 20.4. The number of halogens is 10. The molecule has 4 aromatic carbocycles. The molecule has 12 nitrogen and oxygen atoms in total. The highest BCUT2D eigenvalue weighted by molar-refractivity contribution is 5.89. The summed E-state index contributed by atoms with van der Waals surface area (Å²) in [5, 5.41) is 25.5. The number of para-hydroxylation sites is 2. The largest absolute Gasteiger partial charge is 0.478 e. The van der Waals surface area contributed by atoms with Gasteiger partial charge in [-0.3, -0.25) is 0 Å². The number of aromatic carboxylic acids is 2. The second kappa shape index (κ2) is 23.5. The standard InChI is InChI=1S/2C30H26F5N3O3/c2*1-18-9-11-19(12-10-18)20-13-15-21(16-14-20)30(34,35)41-25-7-3-2-5-22(25)24-6-4-8-26(37-24)38-27(29(31,32)33)23(17-36-38)28(39)40/h2*2-8,13-19H,9-12H2,1H3,(H,39,40). The monoisotopic (exact) mass is 1140 g/mol. The van der Waals surface area contributed by atoms with Crippen LogP contribution in [0, 0.1) is 11.8 Å². The minimum atomic E-state index is -5.05. The third kappa shape index (κ3) is 13.0. The Kier molecular flexibility index (Phi) is 16.6. The van der Waals surface area contributed by atoms with Crippen molar-refractivity contribution in [1.29, 1.82) is 0 Å². The lowest BCUT2D eigenvalue weighted by atomic mass is 9.79. The first-order valence-corrected chi connectivity index (χ1v) is 26.1. The van der Waals surface area contributed by atoms with Gasteiger partial charge in [-0.1, -0.05) is 100 Å². The number of carboxylic acids is 2. The van der Waals surface area contributed by atoms with Crippen LogP contribution in [0.25, 0.3) is 34.2 Å². The van der Waals surface area contributed by atoms with Crippen LogP contribution in [0.1, 0.15) is 131 Å². The number of carbonyl (C=O) groups is 2. The summed E-state index contributed by atoms with van der Waals surface area (Å²) >= 11 is 0. The molecular formula is C60H52F10N6O6. The molecule has 10 rings (SSSR count). The van der Waals surface area contributed by atoms with Gasteiger partial charge in [0.1, 0.15) is 22.6 Å². The van der Waals surface area contributed by atoms with Gasteiger partial charge in [-0.25, -0.2) is 28.9 Å². The Morgan fingerprint density at radius 1 is 0.463 bits per heavy atom. The second-order valence-corrected chi connectivity index (χ2v) is 20.4. The Balaban J connectivity index is 0.000000198. The molecule has 0 bridgehead atoms. The maximum Gasteiger partial charge on any atom is 0.434 e. The Morgan fingerprint density at radius 3 is 1.13 bits per heavy atom. The van der Waals surface area contributed by atoms with Crippen molar-refractivity contribution in [2.75, 3.05) is 0 Å². The Hall–Kier alpha value is -8.56. The molecule has 8 aromatic rings. The van der Waals surface area contributed by atoms with E-state index in [1.807, 2.05) is 0 Å². The molecule has 82 heavy (non-hydrogen) atoms. The first-order valence-electron chi connectivity index (χ1n) is 26.1. The van der Waals surface area contributed by atoms with E-state index < -0.39 is 59.0 Å². The topological polar surface area (TPSA) is 154 Å². The van der Waals surface area contributed by atoms with Crippen molar-refractivity contribution in [3.8, 4) is 45.6 Å². The van der Waals surface area contributed by atoms with Crippen molar-refractivity contribution in [2.45, 2.75) is 102 Å². The van der Waals surface area contributed by atoms with Gasteiger partial charge in [0.2, 0.25) is 0 Å². The Morgan fingerprint density at radius 2 is 0.805 bits per heavy atom. The van der Waals surface area contributed by atoms with Crippen LogP contribution in [0.5, 0.6) is 11.5 Å². The molecule has 2 N–H and O–H groups in total. The van der Waals surface area contributed by atoms with Gasteiger partial charge in [-0.2, -0.15) is 54.1 Å². The summed E-state index contributed by atoms with van der Waals surface area (Å²) in [6, 6.07) is 31.8. The lowest BCUT2D eigenvalue weighted by molar-refractivity contribution is -0.185. The van der Waals surface area contributed by atoms with E-state index in [2.05, 4.69) is 34.0 Å². The molecule has 2 aliphatic carbocycles. The molecule has 2 saturated carbocycles. The summed E-state index contributed by atoms with van der Waals surface area (Å²) in [6.45, 7) is 4.43. The fourth-order valence-electron chi connectivity index (χ4n) is 10.3. The van der Waals surface area contributed by atoms with Gasteiger partial charge in [0.05, 0.1) is 34.9 Å². The summed E-state index contributed by atoms with van der Waals surface area (Å²) < 4.78 is 155. The van der Waals surface area contributed by atoms with Crippen molar-refractivity contribution in [1.82, 2.24) is 29.5 Å². The van der Waals surface area contributed by atoms with E-state index in [1.165, 1.54) is 97.1 Å². The minimum Gasteiger partial charge on any atom is -0.478 e. The summed E-state index contributed by atoms with van der Waals surface area (Å²) in [4.78, 5) is 31.0. The molecule has 22 heteroatoms. The van der Waals surface area contributed by atoms with E-state index in [0.29, 0.717) is 45.4 Å². The molecule has 4 aromatic heterocycles. The van der Waals surface area contributed by atoms with Crippen molar-refractivity contribution in [3.05, 3.63) is 191 Å². The van der Waals surface area contributed by atoms with Crippen molar-refractivity contribution >= 4 is 11.9 Å². The first kappa shape index (κ1) is 58.1. The van der Waals surface area contributed by atoms with Crippen molar-refractivity contribution in [2.24, 2.45) is 11.8 Å². The van der Waals surface area contributed by atoms with E-state index in [4.69, 9.17) is 9.47 Å². The molecule has 0 unspecified atom stereocenters. The molecule has 0 amide bonds. The average molecular weight is 1140 g/mol. The number of hydrogen-bond acceptors (Lipinski definition) is 8. The highest BCUT2D eigenvalue weighted by Crippen LogP contribution is 2.43. The fraction of sp³-hybridized carbons (Fsp3) is 0.300. The lowest BCUT2D eigenvalue weighted by Crippen LogP contribution is -2.22.